The second-order valence-corrected chi connectivity index (χ2v) is 4.95. The van der Waals surface area contributed by atoms with Crippen LogP contribution in [-0.4, -0.2) is 29.8 Å². The normalized spacial score (nSPS) is 16.2. The Labute approximate surface area is 115 Å². The number of carbonyl (C=O) groups excluding carboxylic acids is 2. The van der Waals surface area contributed by atoms with Gasteiger partial charge < -0.3 is 10.6 Å². The third-order valence-electron chi connectivity index (χ3n) is 3.62. The largest absolute Gasteiger partial charge is 0.369 e. The molecule has 0 aromatic heterocycles. The van der Waals surface area contributed by atoms with Crippen molar-refractivity contribution < 1.29 is 18.4 Å². The fourth-order valence-corrected chi connectivity index (χ4v) is 2.37. The van der Waals surface area contributed by atoms with Gasteiger partial charge in [-0.25, -0.2) is 8.78 Å². The minimum absolute atomic E-state index is 0.0482. The van der Waals surface area contributed by atoms with E-state index in [-0.39, 0.29) is 29.7 Å². The molecule has 0 unspecified atom stereocenters. The van der Waals surface area contributed by atoms with Gasteiger partial charge in [0.25, 0.3) is 0 Å². The van der Waals surface area contributed by atoms with Crippen molar-refractivity contribution in [3.05, 3.63) is 35.4 Å². The van der Waals surface area contributed by atoms with Gasteiger partial charge in [0.2, 0.25) is 11.8 Å². The van der Waals surface area contributed by atoms with Gasteiger partial charge in [-0.3, -0.25) is 9.59 Å². The Morgan fingerprint density at radius 3 is 2.50 bits per heavy atom. The highest BCUT2D eigenvalue weighted by molar-refractivity contribution is 5.80. The molecule has 0 saturated carbocycles. The van der Waals surface area contributed by atoms with Gasteiger partial charge in [0.15, 0.2) is 11.6 Å². The maximum Gasteiger partial charge on any atom is 0.227 e. The molecule has 2 N–H and O–H groups in total. The summed E-state index contributed by atoms with van der Waals surface area (Å²) in [5.74, 6) is -2.76. The number of nitrogens with two attached hydrogens (primary N) is 1. The summed E-state index contributed by atoms with van der Waals surface area (Å²) >= 11 is 0. The summed E-state index contributed by atoms with van der Waals surface area (Å²) in [6, 6.07) is 3.79. The van der Waals surface area contributed by atoms with E-state index in [0.29, 0.717) is 25.9 Å². The number of carbonyl (C=O) groups is 2. The first-order valence-corrected chi connectivity index (χ1v) is 6.49. The zero-order valence-corrected chi connectivity index (χ0v) is 10.9. The molecule has 6 heteroatoms. The summed E-state index contributed by atoms with van der Waals surface area (Å²) in [4.78, 5) is 24.6. The molecule has 20 heavy (non-hydrogen) atoms. The molecule has 1 aromatic carbocycles. The number of halogens is 2. The highest BCUT2D eigenvalue weighted by atomic mass is 19.2. The Kier molecular flexibility index (Phi) is 4.32. The van der Waals surface area contributed by atoms with Crippen LogP contribution in [-0.2, 0) is 16.0 Å². The molecule has 0 spiro atoms. The zero-order chi connectivity index (χ0) is 14.7. The van der Waals surface area contributed by atoms with E-state index >= 15 is 0 Å². The molecule has 0 atom stereocenters. The Balaban J connectivity index is 1.96. The first kappa shape index (κ1) is 14.4. The summed E-state index contributed by atoms with van der Waals surface area (Å²) in [6.07, 6.45) is 0.865. The Morgan fingerprint density at radius 1 is 1.25 bits per heavy atom. The Morgan fingerprint density at radius 2 is 1.90 bits per heavy atom. The first-order valence-electron chi connectivity index (χ1n) is 6.49. The van der Waals surface area contributed by atoms with E-state index in [1.807, 2.05) is 0 Å². The maximum absolute atomic E-state index is 13.5. The van der Waals surface area contributed by atoms with Crippen LogP contribution in [0.3, 0.4) is 0 Å². The lowest BCUT2D eigenvalue weighted by molar-refractivity contribution is -0.134. The molecule has 108 valence electrons. The van der Waals surface area contributed by atoms with Crippen molar-refractivity contribution in [3.63, 3.8) is 0 Å². The van der Waals surface area contributed by atoms with Crippen molar-refractivity contribution in [1.29, 1.82) is 0 Å². The second kappa shape index (κ2) is 5.98. The summed E-state index contributed by atoms with van der Waals surface area (Å²) in [6.45, 7) is 0.840. The van der Waals surface area contributed by atoms with Crippen molar-refractivity contribution in [2.24, 2.45) is 11.7 Å². The Hall–Kier alpha value is -1.98. The van der Waals surface area contributed by atoms with Crippen LogP contribution in [0.25, 0.3) is 0 Å². The number of likely N-dealkylation sites (tertiary alicyclic amines) is 1. The minimum atomic E-state index is -0.979. The smallest absolute Gasteiger partial charge is 0.227 e. The summed E-state index contributed by atoms with van der Waals surface area (Å²) < 4.78 is 26.6. The van der Waals surface area contributed by atoms with E-state index in [4.69, 9.17) is 5.73 Å². The van der Waals surface area contributed by atoms with E-state index < -0.39 is 11.6 Å². The fourth-order valence-electron chi connectivity index (χ4n) is 2.37. The second-order valence-electron chi connectivity index (χ2n) is 4.95. The van der Waals surface area contributed by atoms with Gasteiger partial charge in [-0.15, -0.1) is 0 Å². The van der Waals surface area contributed by atoms with Crippen molar-refractivity contribution in [2.45, 2.75) is 19.3 Å². The molecule has 1 heterocycles. The molecule has 1 aromatic rings. The van der Waals surface area contributed by atoms with Gasteiger partial charge >= 0.3 is 0 Å². The lowest BCUT2D eigenvalue weighted by atomic mass is 9.96. The molecule has 2 rings (SSSR count). The first-order chi connectivity index (χ1) is 9.49. The predicted octanol–water partition coefficient (Wildman–Crippen LogP) is 1.23. The predicted molar refractivity (Wildman–Crippen MR) is 68.6 cm³/mol. The van der Waals surface area contributed by atoms with E-state index in [1.165, 1.54) is 12.1 Å². The van der Waals surface area contributed by atoms with Crippen LogP contribution >= 0.6 is 0 Å². The fraction of sp³-hybridized carbons (Fsp3) is 0.429. The van der Waals surface area contributed by atoms with Gasteiger partial charge in [0.1, 0.15) is 0 Å². The average Bonchev–Trinajstić information content (AvgIpc) is 2.44. The highest BCUT2D eigenvalue weighted by Crippen LogP contribution is 2.19. The van der Waals surface area contributed by atoms with E-state index in [9.17, 15) is 18.4 Å². The molecule has 0 aliphatic carbocycles. The third kappa shape index (κ3) is 3.12. The Bertz CT molecular complexity index is 526. The molecule has 0 bridgehead atoms. The highest BCUT2D eigenvalue weighted by Gasteiger charge is 2.26. The average molecular weight is 282 g/mol. The lowest BCUT2D eigenvalue weighted by Gasteiger charge is -2.30. The van der Waals surface area contributed by atoms with E-state index in [2.05, 4.69) is 0 Å². The minimum Gasteiger partial charge on any atom is -0.369 e. The van der Waals surface area contributed by atoms with Crippen LogP contribution in [0.5, 0.6) is 0 Å². The van der Waals surface area contributed by atoms with Gasteiger partial charge in [0.05, 0.1) is 6.42 Å². The summed E-state index contributed by atoms with van der Waals surface area (Å²) in [5.41, 5.74) is 5.26. The van der Waals surface area contributed by atoms with Crippen LogP contribution in [0, 0.1) is 17.6 Å². The number of nitrogens with zero attached hydrogens (tertiary/aromatic N) is 1. The monoisotopic (exact) mass is 282 g/mol. The van der Waals surface area contributed by atoms with E-state index in [0.717, 1.165) is 6.07 Å². The zero-order valence-electron chi connectivity index (χ0n) is 10.9. The van der Waals surface area contributed by atoms with Gasteiger partial charge in [0, 0.05) is 24.6 Å². The SMILES string of the molecule is NC(=O)C1CCN(C(=O)Cc2cccc(F)c2F)CC1. The van der Waals surface area contributed by atoms with Gasteiger partial charge in [-0.1, -0.05) is 12.1 Å². The van der Waals surface area contributed by atoms with Gasteiger partial charge in [-0.05, 0) is 18.9 Å². The van der Waals surface area contributed by atoms with Gasteiger partial charge in [-0.2, -0.15) is 0 Å². The molecule has 0 radical (unpaired) electrons. The molecule has 1 aliphatic heterocycles. The molecular weight excluding hydrogens is 266 g/mol. The summed E-state index contributed by atoms with van der Waals surface area (Å²) in [5, 5.41) is 0. The van der Waals surface area contributed by atoms with Crippen molar-refractivity contribution in [3.8, 4) is 0 Å². The van der Waals surface area contributed by atoms with Crippen LogP contribution < -0.4 is 5.73 Å². The summed E-state index contributed by atoms with van der Waals surface area (Å²) in [7, 11) is 0. The maximum atomic E-state index is 13.5. The number of rotatable bonds is 3. The van der Waals surface area contributed by atoms with Crippen molar-refractivity contribution >= 4 is 11.8 Å². The van der Waals surface area contributed by atoms with Crippen molar-refractivity contribution in [2.75, 3.05) is 13.1 Å². The molecular formula is C14H16F2N2O2. The number of hydrogen-bond acceptors (Lipinski definition) is 2. The molecule has 1 saturated heterocycles. The standard InChI is InChI=1S/C14H16F2N2O2/c15-11-3-1-2-10(13(11)16)8-12(19)18-6-4-9(5-7-18)14(17)20/h1-3,9H,4-8H2,(H2,17,20). The van der Waals surface area contributed by atoms with E-state index in [1.54, 1.807) is 4.90 Å². The molecule has 2 amide bonds. The van der Waals surface area contributed by atoms with Crippen molar-refractivity contribution in [1.82, 2.24) is 4.90 Å². The number of amides is 2. The molecule has 1 aliphatic rings. The lowest BCUT2D eigenvalue weighted by Crippen LogP contribution is -2.42. The number of piperidine rings is 1. The third-order valence-corrected chi connectivity index (χ3v) is 3.62. The van der Waals surface area contributed by atoms with Crippen LogP contribution in [0.2, 0.25) is 0 Å². The van der Waals surface area contributed by atoms with Crippen LogP contribution in [0.4, 0.5) is 8.78 Å². The molecule has 1 fully saturated rings. The quantitative estimate of drug-likeness (QED) is 0.906. The topological polar surface area (TPSA) is 63.4 Å². The molecule has 4 nitrogen and oxygen atoms in total. The number of hydrogen-bond donors (Lipinski definition) is 1. The number of primary amides is 1. The van der Waals surface area contributed by atoms with Crippen LogP contribution in [0.15, 0.2) is 18.2 Å². The number of benzene rings is 1. The van der Waals surface area contributed by atoms with Crippen LogP contribution in [0.1, 0.15) is 18.4 Å².